The molecule has 2 aromatic rings. The van der Waals surface area contributed by atoms with E-state index in [-0.39, 0.29) is 11.7 Å². The van der Waals surface area contributed by atoms with Crippen LogP contribution in [-0.4, -0.2) is 16.8 Å². The van der Waals surface area contributed by atoms with Crippen molar-refractivity contribution in [3.05, 3.63) is 46.8 Å². The van der Waals surface area contributed by atoms with Gasteiger partial charge in [0.15, 0.2) is 11.5 Å². The van der Waals surface area contributed by atoms with Gasteiger partial charge in [0, 0.05) is 23.2 Å². The Bertz CT molecular complexity index is 718. The Kier molecular flexibility index (Phi) is 4.04. The van der Waals surface area contributed by atoms with E-state index in [2.05, 4.69) is 10.5 Å². The van der Waals surface area contributed by atoms with Crippen LogP contribution in [0.4, 0.5) is 5.69 Å². The van der Waals surface area contributed by atoms with Gasteiger partial charge in [0.05, 0.1) is 0 Å². The van der Waals surface area contributed by atoms with E-state index in [9.17, 15) is 9.59 Å². The van der Waals surface area contributed by atoms with Crippen molar-refractivity contribution in [3.63, 3.8) is 0 Å². The van der Waals surface area contributed by atoms with Gasteiger partial charge < -0.3 is 9.84 Å². The number of benzene rings is 1. The second-order valence-corrected chi connectivity index (χ2v) is 5.58. The average Bonchev–Trinajstić information content (AvgIpc) is 2.76. The lowest BCUT2D eigenvalue weighted by Crippen LogP contribution is -2.15. The van der Waals surface area contributed by atoms with Crippen LogP contribution < -0.4 is 5.32 Å². The van der Waals surface area contributed by atoms with E-state index in [4.69, 9.17) is 4.52 Å². The van der Waals surface area contributed by atoms with Crippen LogP contribution in [0.1, 0.15) is 58.4 Å². The third-order valence-electron chi connectivity index (χ3n) is 3.94. The van der Waals surface area contributed by atoms with Gasteiger partial charge >= 0.3 is 0 Å². The molecule has 1 aliphatic rings. The zero-order chi connectivity index (χ0) is 15.5. The molecular weight excluding hydrogens is 280 g/mol. The van der Waals surface area contributed by atoms with Gasteiger partial charge in [0.1, 0.15) is 5.76 Å². The van der Waals surface area contributed by atoms with Crippen molar-refractivity contribution in [2.45, 2.75) is 39.0 Å². The van der Waals surface area contributed by atoms with Crippen molar-refractivity contribution in [1.82, 2.24) is 5.16 Å². The van der Waals surface area contributed by atoms with E-state index < -0.39 is 0 Å². The first-order chi connectivity index (χ1) is 10.6. The van der Waals surface area contributed by atoms with E-state index in [1.807, 2.05) is 0 Å². The molecule has 1 heterocycles. The minimum atomic E-state index is -0.285. The Morgan fingerprint density at radius 2 is 2.00 bits per heavy atom. The summed E-state index contributed by atoms with van der Waals surface area (Å²) in [5.74, 6) is 0.513. The molecule has 0 saturated heterocycles. The molecule has 3 rings (SSSR count). The zero-order valence-electron chi connectivity index (χ0n) is 12.5. The lowest BCUT2D eigenvalue weighted by molar-refractivity contribution is 0.100. The Labute approximate surface area is 128 Å². The molecule has 0 fully saturated rings. The van der Waals surface area contributed by atoms with Gasteiger partial charge in [-0.3, -0.25) is 9.59 Å². The number of carbonyl (C=O) groups is 2. The zero-order valence-corrected chi connectivity index (χ0v) is 12.5. The third kappa shape index (κ3) is 2.93. The van der Waals surface area contributed by atoms with E-state index in [1.165, 1.54) is 6.92 Å². The van der Waals surface area contributed by atoms with Crippen molar-refractivity contribution in [2.75, 3.05) is 5.32 Å². The largest absolute Gasteiger partial charge is 0.360 e. The average molecular weight is 298 g/mol. The predicted octanol–water partition coefficient (Wildman–Crippen LogP) is 3.40. The molecule has 22 heavy (non-hydrogen) atoms. The number of amides is 1. The number of Topliss-reactive ketones (excluding diaryl/α,β-unsaturated/α-hetero) is 1. The van der Waals surface area contributed by atoms with Crippen LogP contribution in [-0.2, 0) is 12.8 Å². The molecule has 1 aromatic heterocycles. The molecule has 0 aliphatic heterocycles. The van der Waals surface area contributed by atoms with Crippen molar-refractivity contribution >= 4 is 17.4 Å². The standard InChI is InChI=1S/C17H18N2O3/c1-11(20)12-6-5-7-13(10-12)18-17(21)16-14-8-3-2-4-9-15(14)22-19-16/h5-7,10H,2-4,8-9H2,1H3,(H,18,21). The Morgan fingerprint density at radius 1 is 1.18 bits per heavy atom. The third-order valence-corrected chi connectivity index (χ3v) is 3.94. The molecule has 0 spiro atoms. The number of hydrogen-bond donors (Lipinski definition) is 1. The van der Waals surface area contributed by atoms with Crippen LogP contribution in [0.15, 0.2) is 28.8 Å². The van der Waals surface area contributed by atoms with Gasteiger partial charge in [0.25, 0.3) is 5.91 Å². The number of aromatic nitrogens is 1. The summed E-state index contributed by atoms with van der Waals surface area (Å²) in [5.41, 5.74) is 2.45. The number of ketones is 1. The highest BCUT2D eigenvalue weighted by atomic mass is 16.5. The predicted molar refractivity (Wildman–Crippen MR) is 82.2 cm³/mol. The first-order valence-corrected chi connectivity index (χ1v) is 7.55. The topological polar surface area (TPSA) is 72.2 Å². The number of carbonyl (C=O) groups excluding carboxylic acids is 2. The van der Waals surface area contributed by atoms with E-state index in [0.717, 1.165) is 43.4 Å². The molecule has 0 bridgehead atoms. The molecule has 0 unspecified atom stereocenters. The first-order valence-electron chi connectivity index (χ1n) is 7.55. The van der Waals surface area contributed by atoms with Crippen LogP contribution in [0.5, 0.6) is 0 Å². The van der Waals surface area contributed by atoms with Gasteiger partial charge in [-0.25, -0.2) is 0 Å². The van der Waals surface area contributed by atoms with Gasteiger partial charge in [-0.2, -0.15) is 0 Å². The number of nitrogens with one attached hydrogen (secondary N) is 1. The fraction of sp³-hybridized carbons (Fsp3) is 0.353. The van der Waals surface area contributed by atoms with E-state index in [1.54, 1.807) is 24.3 Å². The molecule has 1 N–H and O–H groups in total. The summed E-state index contributed by atoms with van der Waals surface area (Å²) in [6, 6.07) is 6.89. The molecule has 1 aromatic carbocycles. The molecule has 1 aliphatic carbocycles. The van der Waals surface area contributed by atoms with Gasteiger partial charge in [0.2, 0.25) is 0 Å². The molecule has 5 nitrogen and oxygen atoms in total. The molecule has 5 heteroatoms. The molecule has 114 valence electrons. The highest BCUT2D eigenvalue weighted by molar-refractivity contribution is 6.04. The van der Waals surface area contributed by atoms with E-state index in [0.29, 0.717) is 16.9 Å². The van der Waals surface area contributed by atoms with Gasteiger partial charge in [-0.15, -0.1) is 0 Å². The van der Waals surface area contributed by atoms with Crippen molar-refractivity contribution in [3.8, 4) is 0 Å². The number of aryl methyl sites for hydroxylation is 1. The molecular formula is C17H18N2O3. The molecule has 0 radical (unpaired) electrons. The van der Waals surface area contributed by atoms with Crippen molar-refractivity contribution in [2.24, 2.45) is 0 Å². The van der Waals surface area contributed by atoms with E-state index >= 15 is 0 Å². The summed E-state index contributed by atoms with van der Waals surface area (Å²) in [7, 11) is 0. The summed E-state index contributed by atoms with van der Waals surface area (Å²) in [4.78, 5) is 23.8. The Morgan fingerprint density at radius 3 is 2.82 bits per heavy atom. The van der Waals surface area contributed by atoms with Crippen LogP contribution in [0.25, 0.3) is 0 Å². The lowest BCUT2D eigenvalue weighted by atomic mass is 10.1. The summed E-state index contributed by atoms with van der Waals surface area (Å²) < 4.78 is 5.32. The highest BCUT2D eigenvalue weighted by Crippen LogP contribution is 2.24. The maximum atomic E-state index is 12.4. The maximum Gasteiger partial charge on any atom is 0.278 e. The highest BCUT2D eigenvalue weighted by Gasteiger charge is 2.23. The smallest absolute Gasteiger partial charge is 0.278 e. The minimum Gasteiger partial charge on any atom is -0.360 e. The number of rotatable bonds is 3. The quantitative estimate of drug-likeness (QED) is 0.696. The normalized spacial score (nSPS) is 14.0. The minimum absolute atomic E-state index is 0.0357. The summed E-state index contributed by atoms with van der Waals surface area (Å²) in [6.07, 6.45) is 4.94. The molecule has 0 saturated carbocycles. The maximum absolute atomic E-state index is 12.4. The lowest BCUT2D eigenvalue weighted by Gasteiger charge is -2.05. The van der Waals surface area contributed by atoms with Crippen LogP contribution >= 0.6 is 0 Å². The second kappa shape index (κ2) is 6.13. The number of nitrogens with zero attached hydrogens (tertiary/aromatic N) is 1. The first kappa shape index (κ1) is 14.5. The number of fused-ring (bicyclic) bond motifs is 1. The Hall–Kier alpha value is -2.43. The fourth-order valence-corrected chi connectivity index (χ4v) is 2.75. The summed E-state index contributed by atoms with van der Waals surface area (Å²) in [6.45, 7) is 1.50. The molecule has 0 atom stereocenters. The number of anilines is 1. The number of hydrogen-bond acceptors (Lipinski definition) is 4. The second-order valence-electron chi connectivity index (χ2n) is 5.58. The van der Waals surface area contributed by atoms with Crippen molar-refractivity contribution < 1.29 is 14.1 Å². The van der Waals surface area contributed by atoms with Crippen LogP contribution in [0, 0.1) is 0 Å². The summed E-state index contributed by atoms with van der Waals surface area (Å²) in [5, 5.41) is 6.74. The fourth-order valence-electron chi connectivity index (χ4n) is 2.75. The van der Waals surface area contributed by atoms with Gasteiger partial charge in [-0.1, -0.05) is 23.7 Å². The SMILES string of the molecule is CC(=O)c1cccc(NC(=O)c2noc3c2CCCCC3)c1. The van der Waals surface area contributed by atoms with Crippen LogP contribution in [0.2, 0.25) is 0 Å². The summed E-state index contributed by atoms with van der Waals surface area (Å²) >= 11 is 0. The molecule has 1 amide bonds. The monoisotopic (exact) mass is 298 g/mol. The van der Waals surface area contributed by atoms with Crippen molar-refractivity contribution in [1.29, 1.82) is 0 Å². The van der Waals surface area contributed by atoms with Gasteiger partial charge in [-0.05, 0) is 38.3 Å². The Balaban J connectivity index is 1.82. The van der Waals surface area contributed by atoms with Crippen LogP contribution in [0.3, 0.4) is 0 Å².